The summed E-state index contributed by atoms with van der Waals surface area (Å²) in [6.45, 7) is 0.669. The zero-order chi connectivity index (χ0) is 21.9. The summed E-state index contributed by atoms with van der Waals surface area (Å²) in [5, 5.41) is 1.88. The standard InChI is InChI=1S/C26H25N3O3/c1-31-20-9-6-7-18(15-20)16-21-17-28-25(32-21)23-11-4-5-14-29(23)26(30)24-22-10-3-2-8-19(22)12-13-27-24/h2-3,6-10,12-13,15,17,23H,4-5,11,14,16H2,1H3/t23-/m1/s1. The molecule has 1 aliphatic heterocycles. The van der Waals surface area contributed by atoms with E-state index in [0.29, 0.717) is 24.6 Å². The van der Waals surface area contributed by atoms with E-state index in [-0.39, 0.29) is 11.9 Å². The molecule has 162 valence electrons. The van der Waals surface area contributed by atoms with Crippen molar-refractivity contribution in [3.8, 4) is 5.75 Å². The van der Waals surface area contributed by atoms with Crippen LogP contribution in [0.4, 0.5) is 0 Å². The Hall–Kier alpha value is -3.67. The van der Waals surface area contributed by atoms with E-state index < -0.39 is 0 Å². The molecule has 2 aromatic heterocycles. The number of ether oxygens (including phenoxy) is 1. The molecule has 2 aromatic carbocycles. The second kappa shape index (κ2) is 8.83. The molecule has 0 aliphatic carbocycles. The number of aromatic nitrogens is 2. The van der Waals surface area contributed by atoms with Crippen molar-refractivity contribution in [2.24, 2.45) is 0 Å². The summed E-state index contributed by atoms with van der Waals surface area (Å²) in [5.41, 5.74) is 1.57. The molecule has 32 heavy (non-hydrogen) atoms. The van der Waals surface area contributed by atoms with Gasteiger partial charge in [0.05, 0.1) is 13.3 Å². The molecule has 6 nitrogen and oxygen atoms in total. The maximum absolute atomic E-state index is 13.5. The van der Waals surface area contributed by atoms with Crippen LogP contribution in [0.1, 0.15) is 53.0 Å². The number of methoxy groups -OCH3 is 1. The lowest BCUT2D eigenvalue weighted by molar-refractivity contribution is 0.0566. The number of pyridine rings is 1. The normalized spacial score (nSPS) is 16.3. The molecule has 1 fully saturated rings. The number of benzene rings is 2. The highest BCUT2D eigenvalue weighted by molar-refractivity contribution is 6.05. The fourth-order valence-corrected chi connectivity index (χ4v) is 4.40. The summed E-state index contributed by atoms with van der Waals surface area (Å²) in [6, 6.07) is 17.5. The Labute approximate surface area is 186 Å². The number of hydrogen-bond acceptors (Lipinski definition) is 5. The third-order valence-electron chi connectivity index (χ3n) is 6.01. The Morgan fingerprint density at radius 3 is 2.94 bits per heavy atom. The first-order chi connectivity index (χ1) is 15.7. The van der Waals surface area contributed by atoms with Crippen molar-refractivity contribution in [2.75, 3.05) is 13.7 Å². The summed E-state index contributed by atoms with van der Waals surface area (Å²) < 4.78 is 11.4. The number of hydrogen-bond donors (Lipinski definition) is 0. The van der Waals surface area contributed by atoms with Crippen molar-refractivity contribution in [1.29, 1.82) is 0 Å². The quantitative estimate of drug-likeness (QED) is 0.438. The molecule has 3 heterocycles. The van der Waals surface area contributed by atoms with Gasteiger partial charge in [-0.05, 0) is 48.4 Å². The molecular weight excluding hydrogens is 402 g/mol. The van der Waals surface area contributed by atoms with E-state index in [4.69, 9.17) is 9.15 Å². The number of nitrogens with zero attached hydrogens (tertiary/aromatic N) is 3. The van der Waals surface area contributed by atoms with Gasteiger partial charge in [0, 0.05) is 24.5 Å². The van der Waals surface area contributed by atoms with E-state index >= 15 is 0 Å². The Balaban J connectivity index is 1.41. The van der Waals surface area contributed by atoms with Crippen molar-refractivity contribution >= 4 is 16.7 Å². The Bertz CT molecular complexity index is 1240. The highest BCUT2D eigenvalue weighted by Crippen LogP contribution is 2.33. The second-order valence-electron chi connectivity index (χ2n) is 8.08. The van der Waals surface area contributed by atoms with E-state index in [1.165, 1.54) is 0 Å². The molecule has 0 N–H and O–H groups in total. The third-order valence-corrected chi connectivity index (χ3v) is 6.01. The van der Waals surface area contributed by atoms with Crippen molar-refractivity contribution < 1.29 is 13.9 Å². The number of fused-ring (bicyclic) bond motifs is 1. The first-order valence-corrected chi connectivity index (χ1v) is 10.9. The predicted octanol–water partition coefficient (Wildman–Crippen LogP) is 5.19. The maximum Gasteiger partial charge on any atom is 0.273 e. The van der Waals surface area contributed by atoms with Crippen LogP contribution in [0.15, 0.2) is 71.4 Å². The Kier molecular flexibility index (Phi) is 5.58. The van der Waals surface area contributed by atoms with Gasteiger partial charge in [0.15, 0.2) is 0 Å². The first kappa shape index (κ1) is 20.2. The van der Waals surface area contributed by atoms with Gasteiger partial charge < -0.3 is 14.1 Å². The Morgan fingerprint density at radius 1 is 1.12 bits per heavy atom. The van der Waals surface area contributed by atoms with Gasteiger partial charge in [-0.2, -0.15) is 0 Å². The molecule has 0 saturated carbocycles. The van der Waals surface area contributed by atoms with Crippen LogP contribution in [0.3, 0.4) is 0 Å². The lowest BCUT2D eigenvalue weighted by Crippen LogP contribution is -2.39. The lowest BCUT2D eigenvalue weighted by atomic mass is 10.0. The monoisotopic (exact) mass is 427 g/mol. The number of piperidine rings is 1. The molecule has 1 saturated heterocycles. The van der Waals surface area contributed by atoms with E-state index in [2.05, 4.69) is 9.97 Å². The zero-order valence-corrected chi connectivity index (χ0v) is 18.0. The van der Waals surface area contributed by atoms with Gasteiger partial charge in [0.1, 0.15) is 23.2 Å². The van der Waals surface area contributed by atoms with Crippen LogP contribution in [-0.2, 0) is 6.42 Å². The topological polar surface area (TPSA) is 68.5 Å². The van der Waals surface area contributed by atoms with E-state index in [1.54, 1.807) is 19.5 Å². The fraction of sp³-hybridized carbons (Fsp3) is 0.269. The molecule has 0 radical (unpaired) electrons. The molecule has 0 unspecified atom stereocenters. The van der Waals surface area contributed by atoms with E-state index in [1.807, 2.05) is 59.5 Å². The van der Waals surface area contributed by atoms with Gasteiger partial charge in [0.2, 0.25) is 5.89 Å². The number of amides is 1. The lowest BCUT2D eigenvalue weighted by Gasteiger charge is -2.33. The highest BCUT2D eigenvalue weighted by Gasteiger charge is 2.33. The largest absolute Gasteiger partial charge is 0.497 e. The van der Waals surface area contributed by atoms with Crippen molar-refractivity contribution in [2.45, 2.75) is 31.7 Å². The van der Waals surface area contributed by atoms with Crippen LogP contribution in [0, 0.1) is 0 Å². The number of likely N-dealkylation sites (tertiary alicyclic amines) is 1. The third kappa shape index (κ3) is 3.96. The van der Waals surface area contributed by atoms with Crippen molar-refractivity contribution in [3.05, 3.63) is 89.9 Å². The minimum atomic E-state index is -0.184. The van der Waals surface area contributed by atoms with Crippen LogP contribution in [0.2, 0.25) is 0 Å². The Morgan fingerprint density at radius 2 is 2.03 bits per heavy atom. The summed E-state index contributed by atoms with van der Waals surface area (Å²) in [4.78, 5) is 24.4. The smallest absolute Gasteiger partial charge is 0.273 e. The first-order valence-electron chi connectivity index (χ1n) is 10.9. The molecule has 1 aliphatic rings. The van der Waals surface area contributed by atoms with Crippen LogP contribution in [0.5, 0.6) is 5.75 Å². The summed E-state index contributed by atoms with van der Waals surface area (Å²) >= 11 is 0. The predicted molar refractivity (Wildman–Crippen MR) is 122 cm³/mol. The highest BCUT2D eigenvalue weighted by atomic mass is 16.5. The van der Waals surface area contributed by atoms with E-state index in [0.717, 1.165) is 47.1 Å². The SMILES string of the molecule is COc1cccc(Cc2cnc([C@H]3CCCCN3C(=O)c3nccc4ccccc34)o2)c1. The summed E-state index contributed by atoms with van der Waals surface area (Å²) in [5.74, 6) is 2.11. The van der Waals surface area contributed by atoms with Gasteiger partial charge >= 0.3 is 0 Å². The minimum Gasteiger partial charge on any atom is -0.497 e. The van der Waals surface area contributed by atoms with Crippen molar-refractivity contribution in [1.82, 2.24) is 14.9 Å². The second-order valence-corrected chi connectivity index (χ2v) is 8.08. The van der Waals surface area contributed by atoms with Crippen LogP contribution in [0.25, 0.3) is 10.8 Å². The van der Waals surface area contributed by atoms with Gasteiger partial charge in [-0.25, -0.2) is 4.98 Å². The molecule has 5 rings (SSSR count). The molecule has 0 bridgehead atoms. The molecule has 4 aromatic rings. The van der Waals surface area contributed by atoms with Crippen LogP contribution in [-0.4, -0.2) is 34.4 Å². The van der Waals surface area contributed by atoms with Crippen LogP contribution < -0.4 is 4.74 Å². The van der Waals surface area contributed by atoms with Gasteiger partial charge in [-0.3, -0.25) is 9.78 Å². The van der Waals surface area contributed by atoms with Gasteiger partial charge in [-0.1, -0.05) is 36.4 Å². The summed E-state index contributed by atoms with van der Waals surface area (Å²) in [6.07, 6.45) is 6.91. The molecular formula is C26H25N3O3. The number of oxazole rings is 1. The number of rotatable bonds is 5. The summed E-state index contributed by atoms with van der Waals surface area (Å²) in [7, 11) is 1.66. The molecule has 6 heteroatoms. The van der Waals surface area contributed by atoms with Crippen molar-refractivity contribution in [3.63, 3.8) is 0 Å². The molecule has 0 spiro atoms. The van der Waals surface area contributed by atoms with Gasteiger partial charge in [0.25, 0.3) is 5.91 Å². The minimum absolute atomic E-state index is 0.0703. The maximum atomic E-state index is 13.5. The van der Waals surface area contributed by atoms with E-state index in [9.17, 15) is 4.79 Å². The fourth-order valence-electron chi connectivity index (χ4n) is 4.40. The zero-order valence-electron chi connectivity index (χ0n) is 18.0. The van der Waals surface area contributed by atoms with Gasteiger partial charge in [-0.15, -0.1) is 0 Å². The average Bonchev–Trinajstić information content (AvgIpc) is 3.31. The number of carbonyl (C=O) groups excluding carboxylic acids is 1. The van der Waals surface area contributed by atoms with Crippen LogP contribution >= 0.6 is 0 Å². The molecule has 1 atom stereocenters. The number of carbonyl (C=O) groups is 1. The average molecular weight is 428 g/mol. The molecule has 1 amide bonds.